The summed E-state index contributed by atoms with van der Waals surface area (Å²) in [6.45, 7) is 3.52. The van der Waals surface area contributed by atoms with E-state index in [0.29, 0.717) is 6.42 Å². The van der Waals surface area contributed by atoms with Crippen LogP contribution in [0.4, 0.5) is 16.2 Å². The second-order valence-electron chi connectivity index (χ2n) is 4.26. The molecule has 0 N–H and O–H groups in total. The number of carbonyl (C=O) groups is 1. The molecule has 1 aromatic carbocycles. The highest BCUT2D eigenvalue weighted by molar-refractivity contribution is 5.69. The van der Waals surface area contributed by atoms with Gasteiger partial charge < -0.3 is 9.47 Å². The molecule has 0 radical (unpaired) electrons. The lowest BCUT2D eigenvalue weighted by Gasteiger charge is -2.14. The van der Waals surface area contributed by atoms with Crippen LogP contribution in [0.5, 0.6) is 5.75 Å². The Bertz CT molecular complexity index is 585. The van der Waals surface area contributed by atoms with Gasteiger partial charge in [-0.3, -0.25) is 20.2 Å². The van der Waals surface area contributed by atoms with Gasteiger partial charge in [-0.2, -0.15) is 0 Å². The van der Waals surface area contributed by atoms with Crippen molar-refractivity contribution < 1.29 is 24.1 Å². The van der Waals surface area contributed by atoms with E-state index in [0.717, 1.165) is 13.2 Å². The predicted molar refractivity (Wildman–Crippen MR) is 71.5 cm³/mol. The summed E-state index contributed by atoms with van der Waals surface area (Å²) < 4.78 is 9.14. The molecule has 0 aromatic heterocycles. The number of rotatable bonds is 5. The van der Waals surface area contributed by atoms with E-state index in [1.54, 1.807) is 13.8 Å². The van der Waals surface area contributed by atoms with Gasteiger partial charge in [-0.25, -0.2) is 4.79 Å². The highest BCUT2D eigenvalue weighted by Gasteiger charge is 2.29. The van der Waals surface area contributed by atoms with Gasteiger partial charge in [-0.15, -0.1) is 0 Å². The fourth-order valence-electron chi connectivity index (χ4n) is 1.68. The molecule has 1 aromatic rings. The Balaban J connectivity index is 3.57. The lowest BCUT2D eigenvalue weighted by molar-refractivity contribution is -0.394. The van der Waals surface area contributed by atoms with Crippen LogP contribution in [0.3, 0.4) is 0 Å². The Morgan fingerprint density at radius 1 is 1.29 bits per heavy atom. The molecule has 0 spiro atoms. The Labute approximate surface area is 119 Å². The smallest absolute Gasteiger partial charge is 0.437 e. The molecule has 0 saturated carbocycles. The fourth-order valence-corrected chi connectivity index (χ4v) is 1.68. The highest BCUT2D eigenvalue weighted by atomic mass is 16.7. The molecule has 21 heavy (non-hydrogen) atoms. The second-order valence-corrected chi connectivity index (χ2v) is 4.26. The third kappa shape index (κ3) is 3.65. The second kappa shape index (κ2) is 6.64. The van der Waals surface area contributed by atoms with Crippen molar-refractivity contribution in [3.63, 3.8) is 0 Å². The fraction of sp³-hybridized carbons (Fsp3) is 0.417. The minimum absolute atomic E-state index is 0.212. The quantitative estimate of drug-likeness (QED) is 0.354. The molecule has 0 aliphatic rings. The summed E-state index contributed by atoms with van der Waals surface area (Å²) in [6.07, 6.45) is -0.577. The average molecular weight is 298 g/mol. The average Bonchev–Trinajstić information content (AvgIpc) is 2.45. The number of nitrogens with zero attached hydrogens (tertiary/aromatic N) is 2. The minimum Gasteiger partial charge on any atom is -0.437 e. The molecule has 0 heterocycles. The highest BCUT2D eigenvalue weighted by Crippen LogP contribution is 2.40. The Kier molecular flexibility index (Phi) is 5.17. The lowest BCUT2D eigenvalue weighted by atomic mass is 9.96. The number of methoxy groups -OCH3 is 1. The zero-order chi connectivity index (χ0) is 16.2. The summed E-state index contributed by atoms with van der Waals surface area (Å²) in [5, 5.41) is 22.0. The molecule has 0 aliphatic heterocycles. The van der Waals surface area contributed by atoms with E-state index in [4.69, 9.17) is 4.74 Å². The van der Waals surface area contributed by atoms with Gasteiger partial charge in [0.1, 0.15) is 0 Å². The number of ether oxygens (including phenoxy) is 2. The van der Waals surface area contributed by atoms with Crippen molar-refractivity contribution in [1.82, 2.24) is 0 Å². The van der Waals surface area contributed by atoms with E-state index in [9.17, 15) is 25.0 Å². The number of benzene rings is 1. The van der Waals surface area contributed by atoms with Crippen molar-refractivity contribution in [3.8, 4) is 5.75 Å². The molecule has 0 saturated heterocycles. The normalized spacial score (nSPS) is 11.6. The van der Waals surface area contributed by atoms with E-state index in [2.05, 4.69) is 4.74 Å². The van der Waals surface area contributed by atoms with Crippen LogP contribution in [0.2, 0.25) is 0 Å². The van der Waals surface area contributed by atoms with Crippen molar-refractivity contribution in [2.45, 2.75) is 26.2 Å². The third-order valence-electron chi connectivity index (χ3n) is 2.99. The first-order valence-electron chi connectivity index (χ1n) is 6.04. The van der Waals surface area contributed by atoms with Crippen LogP contribution in [0.25, 0.3) is 0 Å². The van der Waals surface area contributed by atoms with Gasteiger partial charge in [0.05, 0.1) is 23.0 Å². The monoisotopic (exact) mass is 298 g/mol. The molecule has 0 fully saturated rings. The number of hydrogen-bond acceptors (Lipinski definition) is 7. The molecular formula is C12H14N2O7. The molecule has 0 aliphatic carbocycles. The summed E-state index contributed by atoms with van der Waals surface area (Å²) in [5.74, 6) is -0.602. The maximum absolute atomic E-state index is 11.2. The Morgan fingerprint density at radius 2 is 1.90 bits per heavy atom. The largest absolute Gasteiger partial charge is 0.513 e. The Hall–Kier alpha value is -2.71. The van der Waals surface area contributed by atoms with Gasteiger partial charge in [-0.1, -0.05) is 13.8 Å². The van der Waals surface area contributed by atoms with Crippen LogP contribution < -0.4 is 4.74 Å². The van der Waals surface area contributed by atoms with Crippen LogP contribution >= 0.6 is 0 Å². The van der Waals surface area contributed by atoms with Crippen LogP contribution in [0, 0.1) is 20.2 Å². The summed E-state index contributed by atoms with van der Waals surface area (Å²) >= 11 is 0. The summed E-state index contributed by atoms with van der Waals surface area (Å²) in [4.78, 5) is 31.6. The number of nitro groups is 2. The topological polar surface area (TPSA) is 122 Å². The molecule has 0 bridgehead atoms. The van der Waals surface area contributed by atoms with Crippen LogP contribution in [0.1, 0.15) is 31.7 Å². The molecule has 9 nitrogen and oxygen atoms in total. The zero-order valence-electron chi connectivity index (χ0n) is 11.7. The van der Waals surface area contributed by atoms with Gasteiger partial charge in [-0.05, 0) is 12.3 Å². The van der Waals surface area contributed by atoms with Gasteiger partial charge in [0.25, 0.3) is 5.69 Å². The number of non-ortho nitro benzene ring substituents is 1. The minimum atomic E-state index is -1.13. The van der Waals surface area contributed by atoms with Crippen molar-refractivity contribution >= 4 is 17.5 Å². The molecule has 114 valence electrons. The molecule has 9 heteroatoms. The van der Waals surface area contributed by atoms with E-state index in [1.807, 2.05) is 0 Å². The molecule has 1 unspecified atom stereocenters. The van der Waals surface area contributed by atoms with E-state index in [-0.39, 0.29) is 17.2 Å². The van der Waals surface area contributed by atoms with Crippen LogP contribution in [-0.2, 0) is 4.74 Å². The Morgan fingerprint density at radius 3 is 2.33 bits per heavy atom. The molecule has 1 atom stereocenters. The maximum Gasteiger partial charge on any atom is 0.513 e. The molecule has 0 amide bonds. The van der Waals surface area contributed by atoms with Crippen molar-refractivity contribution in [2.75, 3.05) is 7.11 Å². The zero-order valence-corrected chi connectivity index (χ0v) is 11.7. The number of carbonyl (C=O) groups excluding carboxylic acids is 1. The van der Waals surface area contributed by atoms with E-state index in [1.165, 1.54) is 6.07 Å². The third-order valence-corrected chi connectivity index (χ3v) is 2.99. The summed E-state index contributed by atoms with van der Waals surface area (Å²) in [6, 6.07) is 1.92. The summed E-state index contributed by atoms with van der Waals surface area (Å²) in [5.41, 5.74) is -0.872. The first-order valence-corrected chi connectivity index (χ1v) is 6.04. The lowest BCUT2D eigenvalue weighted by Crippen LogP contribution is -2.12. The molecular weight excluding hydrogens is 284 g/mol. The predicted octanol–water partition coefficient (Wildman–Crippen LogP) is 3.16. The van der Waals surface area contributed by atoms with Gasteiger partial charge in [0.2, 0.25) is 5.75 Å². The standard InChI is InChI=1S/C12H14N2O7/c1-4-7(2)9-5-8(13(16)17)6-10(14(18)19)11(9)21-12(15)20-3/h5-7H,4H2,1-3H3. The molecule has 1 rings (SSSR count). The van der Waals surface area contributed by atoms with Crippen molar-refractivity contribution in [1.29, 1.82) is 0 Å². The maximum atomic E-state index is 11.2. The number of hydrogen-bond donors (Lipinski definition) is 0. The first kappa shape index (κ1) is 16.3. The first-order chi connectivity index (χ1) is 9.81. The van der Waals surface area contributed by atoms with E-state index >= 15 is 0 Å². The van der Waals surface area contributed by atoms with Crippen LogP contribution in [-0.4, -0.2) is 23.1 Å². The van der Waals surface area contributed by atoms with Gasteiger partial charge in [0.15, 0.2) is 0 Å². The SMILES string of the molecule is CCC(C)c1cc([N+](=O)[O-])cc([N+](=O)[O-])c1OC(=O)OC. The van der Waals surface area contributed by atoms with Gasteiger partial charge in [0, 0.05) is 11.6 Å². The van der Waals surface area contributed by atoms with Gasteiger partial charge >= 0.3 is 11.8 Å². The van der Waals surface area contributed by atoms with E-state index < -0.39 is 27.4 Å². The van der Waals surface area contributed by atoms with Crippen molar-refractivity contribution in [3.05, 3.63) is 37.9 Å². The number of nitro benzene ring substituents is 2. The van der Waals surface area contributed by atoms with Crippen LogP contribution in [0.15, 0.2) is 12.1 Å². The van der Waals surface area contributed by atoms with Crippen molar-refractivity contribution in [2.24, 2.45) is 0 Å². The summed E-state index contributed by atoms with van der Waals surface area (Å²) in [7, 11) is 1.06.